The Kier molecular flexibility index (Phi) is 3.21. The van der Waals surface area contributed by atoms with Gasteiger partial charge in [-0.25, -0.2) is 0 Å². The molecule has 0 atom stereocenters. The van der Waals surface area contributed by atoms with E-state index in [1.54, 1.807) is 6.33 Å². The van der Waals surface area contributed by atoms with Crippen LogP contribution in [0.3, 0.4) is 0 Å². The standard InChI is InChI=1S/C10H9Br2N3/c1-2-15-6-13-14-10(15)8-4-3-7(11)5-9(8)12/h3-6H,2H2,1H3. The van der Waals surface area contributed by atoms with Crippen LogP contribution in [-0.2, 0) is 6.54 Å². The van der Waals surface area contributed by atoms with Gasteiger partial charge in [-0.05, 0) is 41.1 Å². The quantitative estimate of drug-likeness (QED) is 0.843. The predicted molar refractivity (Wildman–Crippen MR) is 66.5 cm³/mol. The van der Waals surface area contributed by atoms with E-state index in [0.717, 1.165) is 26.9 Å². The van der Waals surface area contributed by atoms with Crippen molar-refractivity contribution in [2.24, 2.45) is 0 Å². The second-order valence-corrected chi connectivity index (χ2v) is 4.83. The summed E-state index contributed by atoms with van der Waals surface area (Å²) in [6, 6.07) is 6.02. The van der Waals surface area contributed by atoms with Crippen LogP contribution >= 0.6 is 31.9 Å². The number of nitrogens with zero attached hydrogens (tertiary/aromatic N) is 3. The molecule has 0 spiro atoms. The molecule has 1 aromatic carbocycles. The molecule has 5 heteroatoms. The van der Waals surface area contributed by atoms with E-state index in [1.807, 2.05) is 22.8 Å². The van der Waals surface area contributed by atoms with Crippen LogP contribution in [0.25, 0.3) is 11.4 Å². The molecule has 0 amide bonds. The SMILES string of the molecule is CCn1cnnc1-c1ccc(Br)cc1Br. The summed E-state index contributed by atoms with van der Waals surface area (Å²) in [5.41, 5.74) is 1.05. The molecule has 78 valence electrons. The monoisotopic (exact) mass is 329 g/mol. The Morgan fingerprint density at radius 2 is 2.13 bits per heavy atom. The van der Waals surface area contributed by atoms with Crippen molar-refractivity contribution in [3.05, 3.63) is 33.5 Å². The lowest BCUT2D eigenvalue weighted by molar-refractivity contribution is 0.766. The lowest BCUT2D eigenvalue weighted by atomic mass is 10.2. The lowest BCUT2D eigenvalue weighted by Gasteiger charge is -2.05. The average molecular weight is 331 g/mol. The molecule has 0 aliphatic carbocycles. The average Bonchev–Trinajstić information content (AvgIpc) is 2.65. The molecule has 0 unspecified atom stereocenters. The van der Waals surface area contributed by atoms with Crippen molar-refractivity contribution < 1.29 is 0 Å². The largest absolute Gasteiger partial charge is 0.314 e. The van der Waals surface area contributed by atoms with Gasteiger partial charge >= 0.3 is 0 Å². The Morgan fingerprint density at radius 1 is 1.33 bits per heavy atom. The lowest BCUT2D eigenvalue weighted by Crippen LogP contribution is -1.96. The van der Waals surface area contributed by atoms with Gasteiger partial charge in [0.2, 0.25) is 0 Å². The Balaban J connectivity index is 2.54. The molecule has 1 heterocycles. The second kappa shape index (κ2) is 4.45. The fourth-order valence-electron chi connectivity index (χ4n) is 1.37. The molecule has 0 aliphatic heterocycles. The van der Waals surface area contributed by atoms with Gasteiger partial charge in [0.15, 0.2) is 5.82 Å². The third-order valence-corrected chi connectivity index (χ3v) is 3.28. The molecular weight excluding hydrogens is 322 g/mol. The number of rotatable bonds is 2. The summed E-state index contributed by atoms with van der Waals surface area (Å²) >= 11 is 6.94. The number of hydrogen-bond acceptors (Lipinski definition) is 2. The molecule has 0 saturated carbocycles. The van der Waals surface area contributed by atoms with E-state index in [4.69, 9.17) is 0 Å². The number of aromatic nitrogens is 3. The van der Waals surface area contributed by atoms with E-state index in [1.165, 1.54) is 0 Å². The third-order valence-electron chi connectivity index (χ3n) is 2.13. The summed E-state index contributed by atoms with van der Waals surface area (Å²) in [4.78, 5) is 0. The molecule has 0 radical (unpaired) electrons. The first-order chi connectivity index (χ1) is 7.22. The van der Waals surface area contributed by atoms with E-state index in [9.17, 15) is 0 Å². The van der Waals surface area contributed by atoms with Gasteiger partial charge in [0.05, 0.1) is 0 Å². The van der Waals surface area contributed by atoms with Crippen LogP contribution in [0.15, 0.2) is 33.5 Å². The van der Waals surface area contributed by atoms with E-state index < -0.39 is 0 Å². The fraction of sp³-hybridized carbons (Fsp3) is 0.200. The molecule has 2 aromatic rings. The van der Waals surface area contributed by atoms with Crippen LogP contribution < -0.4 is 0 Å². The third kappa shape index (κ3) is 2.13. The summed E-state index contributed by atoms with van der Waals surface area (Å²) in [6.45, 7) is 2.93. The minimum atomic E-state index is 0.866. The topological polar surface area (TPSA) is 30.7 Å². The van der Waals surface area contributed by atoms with Crippen molar-refractivity contribution >= 4 is 31.9 Å². The summed E-state index contributed by atoms with van der Waals surface area (Å²) in [5.74, 6) is 0.886. The smallest absolute Gasteiger partial charge is 0.164 e. The maximum atomic E-state index is 4.12. The summed E-state index contributed by atoms with van der Waals surface area (Å²) in [7, 11) is 0. The van der Waals surface area contributed by atoms with Crippen LogP contribution in [0.2, 0.25) is 0 Å². The number of hydrogen-bond donors (Lipinski definition) is 0. The molecule has 0 aliphatic rings. The van der Waals surface area contributed by atoms with Gasteiger partial charge in [-0.15, -0.1) is 10.2 Å². The van der Waals surface area contributed by atoms with Crippen LogP contribution in [0.5, 0.6) is 0 Å². The minimum absolute atomic E-state index is 0.866. The fourth-order valence-corrected chi connectivity index (χ4v) is 2.59. The highest BCUT2D eigenvalue weighted by Gasteiger charge is 2.09. The van der Waals surface area contributed by atoms with Gasteiger partial charge < -0.3 is 4.57 Å². The zero-order chi connectivity index (χ0) is 10.8. The van der Waals surface area contributed by atoms with Crippen molar-refractivity contribution in [1.29, 1.82) is 0 Å². The Morgan fingerprint density at radius 3 is 2.80 bits per heavy atom. The first-order valence-electron chi connectivity index (χ1n) is 4.55. The maximum Gasteiger partial charge on any atom is 0.164 e. The van der Waals surface area contributed by atoms with Gasteiger partial charge in [0.25, 0.3) is 0 Å². The molecule has 0 saturated heterocycles. The zero-order valence-electron chi connectivity index (χ0n) is 8.11. The van der Waals surface area contributed by atoms with E-state index in [2.05, 4.69) is 49.0 Å². The highest BCUT2D eigenvalue weighted by Crippen LogP contribution is 2.29. The van der Waals surface area contributed by atoms with E-state index in [0.29, 0.717) is 0 Å². The molecule has 15 heavy (non-hydrogen) atoms. The Hall–Kier alpha value is -0.680. The number of benzene rings is 1. The van der Waals surface area contributed by atoms with Gasteiger partial charge in [0, 0.05) is 21.1 Å². The van der Waals surface area contributed by atoms with Crippen LogP contribution in [-0.4, -0.2) is 14.8 Å². The second-order valence-electron chi connectivity index (χ2n) is 3.06. The predicted octanol–water partition coefficient (Wildman–Crippen LogP) is 3.49. The van der Waals surface area contributed by atoms with E-state index >= 15 is 0 Å². The molecule has 0 fully saturated rings. The van der Waals surface area contributed by atoms with Crippen molar-refractivity contribution in [1.82, 2.24) is 14.8 Å². The molecule has 2 rings (SSSR count). The zero-order valence-corrected chi connectivity index (χ0v) is 11.3. The molecular formula is C10H9Br2N3. The van der Waals surface area contributed by atoms with Crippen LogP contribution in [0.4, 0.5) is 0 Å². The van der Waals surface area contributed by atoms with Gasteiger partial charge in [-0.3, -0.25) is 0 Å². The molecule has 0 bridgehead atoms. The van der Waals surface area contributed by atoms with Crippen molar-refractivity contribution in [3.63, 3.8) is 0 Å². The van der Waals surface area contributed by atoms with Crippen molar-refractivity contribution in [2.75, 3.05) is 0 Å². The highest BCUT2D eigenvalue weighted by atomic mass is 79.9. The first-order valence-corrected chi connectivity index (χ1v) is 6.14. The molecule has 0 N–H and O–H groups in total. The molecule has 3 nitrogen and oxygen atoms in total. The van der Waals surface area contributed by atoms with E-state index in [-0.39, 0.29) is 0 Å². The summed E-state index contributed by atoms with van der Waals surface area (Å²) in [6.07, 6.45) is 1.74. The van der Waals surface area contributed by atoms with Gasteiger partial charge in [0.1, 0.15) is 6.33 Å². The Bertz CT molecular complexity index is 479. The maximum absolute atomic E-state index is 4.12. The normalized spacial score (nSPS) is 10.6. The van der Waals surface area contributed by atoms with Crippen molar-refractivity contribution in [2.45, 2.75) is 13.5 Å². The number of halogens is 2. The van der Waals surface area contributed by atoms with Crippen molar-refractivity contribution in [3.8, 4) is 11.4 Å². The summed E-state index contributed by atoms with van der Waals surface area (Å²) < 4.78 is 4.06. The van der Waals surface area contributed by atoms with Gasteiger partial charge in [-0.2, -0.15) is 0 Å². The number of aryl methyl sites for hydroxylation is 1. The molecule has 1 aromatic heterocycles. The van der Waals surface area contributed by atoms with Gasteiger partial charge in [-0.1, -0.05) is 15.9 Å². The first kappa shape index (κ1) is 10.8. The highest BCUT2D eigenvalue weighted by molar-refractivity contribution is 9.11. The Labute approximate surface area is 105 Å². The van der Waals surface area contributed by atoms with Crippen LogP contribution in [0.1, 0.15) is 6.92 Å². The summed E-state index contributed by atoms with van der Waals surface area (Å²) in [5, 5.41) is 8.03. The minimum Gasteiger partial charge on any atom is -0.314 e. The van der Waals surface area contributed by atoms with Crippen LogP contribution in [0, 0.1) is 0 Å².